The molecule has 0 aliphatic carbocycles. The average Bonchev–Trinajstić information content (AvgIpc) is 2.17. The standard InChI is InChI=1S/C10H6ClF5O2/c1-4(17)5-2-3-6(10(14,15)16)8(7(5)11)18-9(12)13/h2-3,9H,1H3. The zero-order valence-corrected chi connectivity index (χ0v) is 9.57. The highest BCUT2D eigenvalue weighted by Crippen LogP contribution is 2.42. The molecule has 0 N–H and O–H groups in total. The largest absolute Gasteiger partial charge is 0.433 e. The zero-order valence-electron chi connectivity index (χ0n) is 8.82. The van der Waals surface area contributed by atoms with Crippen LogP contribution in [0.5, 0.6) is 5.75 Å². The Bertz CT molecular complexity index is 470. The molecule has 18 heavy (non-hydrogen) atoms. The molecule has 0 fully saturated rings. The molecule has 0 atom stereocenters. The normalized spacial score (nSPS) is 11.8. The van der Waals surface area contributed by atoms with Gasteiger partial charge < -0.3 is 4.74 Å². The number of carbonyl (C=O) groups is 1. The summed E-state index contributed by atoms with van der Waals surface area (Å²) in [6.45, 7) is -2.44. The van der Waals surface area contributed by atoms with Crippen LogP contribution in [0.3, 0.4) is 0 Å². The van der Waals surface area contributed by atoms with Crippen molar-refractivity contribution in [3.05, 3.63) is 28.3 Å². The first-order valence-electron chi connectivity index (χ1n) is 4.50. The van der Waals surface area contributed by atoms with E-state index in [2.05, 4.69) is 4.74 Å². The molecule has 0 radical (unpaired) electrons. The average molecular weight is 289 g/mol. The minimum atomic E-state index is -4.91. The molecule has 1 aromatic rings. The highest BCUT2D eigenvalue weighted by atomic mass is 35.5. The van der Waals surface area contributed by atoms with Gasteiger partial charge in [0.1, 0.15) is 0 Å². The van der Waals surface area contributed by atoms with Gasteiger partial charge in [0.05, 0.1) is 10.6 Å². The van der Waals surface area contributed by atoms with E-state index in [9.17, 15) is 26.7 Å². The molecular weight excluding hydrogens is 283 g/mol. The second-order valence-corrected chi connectivity index (χ2v) is 3.61. The van der Waals surface area contributed by atoms with Gasteiger partial charge in [-0.1, -0.05) is 11.6 Å². The maximum Gasteiger partial charge on any atom is 0.420 e. The maximum absolute atomic E-state index is 12.5. The number of ketones is 1. The van der Waals surface area contributed by atoms with Crippen molar-refractivity contribution in [1.29, 1.82) is 0 Å². The molecule has 0 aliphatic rings. The molecule has 100 valence electrons. The van der Waals surface area contributed by atoms with Crippen molar-refractivity contribution >= 4 is 17.4 Å². The van der Waals surface area contributed by atoms with Crippen LogP contribution in [0.2, 0.25) is 5.02 Å². The summed E-state index contributed by atoms with van der Waals surface area (Å²) in [4.78, 5) is 11.1. The Balaban J connectivity index is 3.46. The van der Waals surface area contributed by atoms with Crippen molar-refractivity contribution in [3.8, 4) is 5.75 Å². The van der Waals surface area contributed by atoms with E-state index in [0.717, 1.165) is 13.0 Å². The lowest BCUT2D eigenvalue weighted by Gasteiger charge is -2.16. The molecule has 0 amide bonds. The van der Waals surface area contributed by atoms with Crippen molar-refractivity contribution in [2.45, 2.75) is 19.7 Å². The number of carbonyl (C=O) groups excluding carboxylic acids is 1. The smallest absolute Gasteiger partial charge is 0.420 e. The van der Waals surface area contributed by atoms with Crippen LogP contribution in [0, 0.1) is 0 Å². The van der Waals surface area contributed by atoms with E-state index < -0.39 is 34.9 Å². The van der Waals surface area contributed by atoms with Gasteiger partial charge in [-0.3, -0.25) is 4.79 Å². The molecule has 0 unspecified atom stereocenters. The Hall–Kier alpha value is -1.37. The Morgan fingerprint density at radius 2 is 1.89 bits per heavy atom. The molecular formula is C10H6ClF5O2. The van der Waals surface area contributed by atoms with E-state index >= 15 is 0 Å². The summed E-state index contributed by atoms with van der Waals surface area (Å²) in [5.74, 6) is -1.90. The molecule has 0 saturated carbocycles. The van der Waals surface area contributed by atoms with Gasteiger partial charge in [0, 0.05) is 5.56 Å². The van der Waals surface area contributed by atoms with Crippen LogP contribution >= 0.6 is 11.6 Å². The lowest BCUT2D eigenvalue weighted by atomic mass is 10.1. The fraction of sp³-hybridized carbons (Fsp3) is 0.300. The second-order valence-electron chi connectivity index (χ2n) is 3.24. The predicted octanol–water partition coefficient (Wildman–Crippen LogP) is 4.16. The molecule has 1 aromatic carbocycles. The molecule has 0 bridgehead atoms. The summed E-state index contributed by atoms with van der Waals surface area (Å²) in [6.07, 6.45) is -4.91. The second kappa shape index (κ2) is 5.09. The molecule has 0 heterocycles. The van der Waals surface area contributed by atoms with Crippen LogP contribution in [-0.2, 0) is 6.18 Å². The Kier molecular flexibility index (Phi) is 4.16. The summed E-state index contributed by atoms with van der Waals surface area (Å²) in [5, 5.41) is -0.780. The van der Waals surface area contributed by atoms with E-state index in [-0.39, 0.29) is 5.56 Å². The van der Waals surface area contributed by atoms with Gasteiger partial charge in [0.2, 0.25) is 0 Å². The minimum absolute atomic E-state index is 0.319. The van der Waals surface area contributed by atoms with Gasteiger partial charge in [-0.15, -0.1) is 0 Å². The van der Waals surface area contributed by atoms with Crippen LogP contribution in [0.15, 0.2) is 12.1 Å². The SMILES string of the molecule is CC(=O)c1ccc(C(F)(F)F)c(OC(F)F)c1Cl. The first-order chi connectivity index (χ1) is 8.14. The minimum Gasteiger partial charge on any atom is -0.433 e. The molecule has 0 spiro atoms. The van der Waals surface area contributed by atoms with Gasteiger partial charge in [-0.05, 0) is 19.1 Å². The highest BCUT2D eigenvalue weighted by Gasteiger charge is 2.37. The summed E-state index contributed by atoms with van der Waals surface area (Å²) in [7, 11) is 0. The van der Waals surface area contributed by atoms with Crippen LogP contribution in [-0.4, -0.2) is 12.4 Å². The van der Waals surface area contributed by atoms with E-state index in [0.29, 0.717) is 6.07 Å². The van der Waals surface area contributed by atoms with Crippen LogP contribution in [0.25, 0.3) is 0 Å². The zero-order chi connectivity index (χ0) is 14.1. The van der Waals surface area contributed by atoms with E-state index in [1.54, 1.807) is 0 Å². The van der Waals surface area contributed by atoms with Gasteiger partial charge >= 0.3 is 12.8 Å². The van der Waals surface area contributed by atoms with Crippen molar-refractivity contribution < 1.29 is 31.5 Å². The van der Waals surface area contributed by atoms with Crippen molar-refractivity contribution in [2.75, 3.05) is 0 Å². The van der Waals surface area contributed by atoms with Crippen molar-refractivity contribution in [2.24, 2.45) is 0 Å². The van der Waals surface area contributed by atoms with E-state index in [1.807, 2.05) is 0 Å². The number of ether oxygens (including phenoxy) is 1. The van der Waals surface area contributed by atoms with Crippen LogP contribution in [0.4, 0.5) is 22.0 Å². The first-order valence-corrected chi connectivity index (χ1v) is 4.87. The highest BCUT2D eigenvalue weighted by molar-refractivity contribution is 6.35. The molecule has 8 heteroatoms. The van der Waals surface area contributed by atoms with Crippen LogP contribution in [0.1, 0.15) is 22.8 Å². The number of hydrogen-bond donors (Lipinski definition) is 0. The summed E-state index contributed by atoms with van der Waals surface area (Å²) >= 11 is 5.48. The molecule has 2 nitrogen and oxygen atoms in total. The third kappa shape index (κ3) is 3.10. The number of Topliss-reactive ketones (excluding diaryl/α,β-unsaturated/α-hetero) is 1. The predicted molar refractivity (Wildman–Crippen MR) is 53.1 cm³/mol. The van der Waals surface area contributed by atoms with E-state index in [4.69, 9.17) is 11.6 Å². The molecule has 0 aromatic heterocycles. The monoisotopic (exact) mass is 288 g/mol. The number of rotatable bonds is 3. The lowest BCUT2D eigenvalue weighted by molar-refractivity contribution is -0.141. The van der Waals surface area contributed by atoms with Crippen molar-refractivity contribution in [1.82, 2.24) is 0 Å². The van der Waals surface area contributed by atoms with Gasteiger partial charge in [-0.25, -0.2) is 0 Å². The fourth-order valence-corrected chi connectivity index (χ4v) is 1.60. The Morgan fingerprint density at radius 3 is 2.28 bits per heavy atom. The van der Waals surface area contributed by atoms with Crippen LogP contribution < -0.4 is 4.74 Å². The summed E-state index contributed by atoms with van der Waals surface area (Å²) < 4.78 is 65.5. The lowest BCUT2D eigenvalue weighted by Crippen LogP contribution is -2.13. The third-order valence-electron chi connectivity index (χ3n) is 1.99. The molecule has 0 saturated heterocycles. The summed E-state index contributed by atoms with van der Waals surface area (Å²) in [5.41, 5.74) is -1.78. The van der Waals surface area contributed by atoms with Gasteiger partial charge in [0.25, 0.3) is 0 Å². The Morgan fingerprint density at radius 1 is 1.33 bits per heavy atom. The fourth-order valence-electron chi connectivity index (χ4n) is 1.26. The quantitative estimate of drug-likeness (QED) is 0.616. The molecule has 1 rings (SSSR count). The summed E-state index contributed by atoms with van der Waals surface area (Å²) in [6, 6.07) is 1.28. The van der Waals surface area contributed by atoms with Gasteiger partial charge in [-0.2, -0.15) is 22.0 Å². The number of alkyl halides is 5. The maximum atomic E-state index is 12.5. The van der Waals surface area contributed by atoms with Gasteiger partial charge in [0.15, 0.2) is 11.5 Å². The topological polar surface area (TPSA) is 26.3 Å². The number of hydrogen-bond acceptors (Lipinski definition) is 2. The third-order valence-corrected chi connectivity index (χ3v) is 2.36. The first kappa shape index (κ1) is 14.7. The van der Waals surface area contributed by atoms with E-state index in [1.165, 1.54) is 0 Å². The molecule has 0 aliphatic heterocycles. The Labute approximate surface area is 103 Å². The van der Waals surface area contributed by atoms with Crippen molar-refractivity contribution in [3.63, 3.8) is 0 Å². The number of halogens is 6. The number of benzene rings is 1.